The molecule has 0 saturated carbocycles. The second kappa shape index (κ2) is 5.89. The van der Waals surface area contributed by atoms with Crippen LogP contribution >= 0.6 is 0 Å². The number of hydrogen-bond acceptors (Lipinski definition) is 4. The van der Waals surface area contributed by atoms with Gasteiger partial charge in [0.05, 0.1) is 6.26 Å². The number of piperidine rings is 1. The zero-order valence-corrected chi connectivity index (χ0v) is 11.9. The minimum Gasteiger partial charge on any atom is -0.480 e. The lowest BCUT2D eigenvalue weighted by Gasteiger charge is -2.38. The summed E-state index contributed by atoms with van der Waals surface area (Å²) in [5.74, 6) is -0.422. The van der Waals surface area contributed by atoms with Crippen molar-refractivity contribution in [2.75, 3.05) is 19.6 Å². The normalized spacial score (nSPS) is 24.4. The minimum atomic E-state index is -0.721. The molecule has 6 nitrogen and oxygen atoms in total. The van der Waals surface area contributed by atoms with E-state index in [0.717, 1.165) is 32.2 Å². The fraction of sp³-hybridized carbons (Fsp3) is 0.600. The topological polar surface area (TPSA) is 74.0 Å². The number of hydrogen-bond donors (Lipinski definition) is 1. The summed E-state index contributed by atoms with van der Waals surface area (Å²) >= 11 is 0. The van der Waals surface area contributed by atoms with E-state index in [4.69, 9.17) is 4.42 Å². The molecule has 0 spiro atoms. The monoisotopic (exact) mass is 292 g/mol. The van der Waals surface area contributed by atoms with Crippen molar-refractivity contribution >= 4 is 11.9 Å². The number of nitrogens with zero attached hydrogens (tertiary/aromatic N) is 2. The van der Waals surface area contributed by atoms with E-state index < -0.39 is 5.97 Å². The molecule has 0 aliphatic carbocycles. The first kappa shape index (κ1) is 14.1. The number of furan rings is 1. The number of aliphatic carboxylic acids is 1. The Labute approximate surface area is 123 Å². The molecule has 3 heterocycles. The van der Waals surface area contributed by atoms with Crippen molar-refractivity contribution in [2.45, 2.75) is 37.8 Å². The van der Waals surface area contributed by atoms with E-state index in [0.29, 0.717) is 18.8 Å². The van der Waals surface area contributed by atoms with Gasteiger partial charge in [-0.05, 0) is 44.4 Å². The van der Waals surface area contributed by atoms with Crippen molar-refractivity contribution in [3.8, 4) is 0 Å². The largest absolute Gasteiger partial charge is 0.480 e. The molecule has 0 bridgehead atoms. The molecule has 2 aliphatic rings. The van der Waals surface area contributed by atoms with E-state index in [9.17, 15) is 14.7 Å². The summed E-state index contributed by atoms with van der Waals surface area (Å²) in [5.41, 5.74) is 0. The molecule has 1 atom stereocenters. The molecule has 1 N–H and O–H groups in total. The van der Waals surface area contributed by atoms with Crippen LogP contribution in [0.2, 0.25) is 0 Å². The second-order valence-corrected chi connectivity index (χ2v) is 5.73. The fourth-order valence-electron chi connectivity index (χ4n) is 3.45. The Bertz CT molecular complexity index is 506. The predicted molar refractivity (Wildman–Crippen MR) is 75.0 cm³/mol. The lowest BCUT2D eigenvalue weighted by atomic mass is 10.0. The number of carboxylic acids is 1. The first-order valence-electron chi connectivity index (χ1n) is 7.48. The molecule has 1 amide bonds. The third kappa shape index (κ3) is 2.81. The Hall–Kier alpha value is -1.82. The van der Waals surface area contributed by atoms with Gasteiger partial charge in [-0.2, -0.15) is 0 Å². The molecule has 1 aromatic rings. The Morgan fingerprint density at radius 1 is 1.19 bits per heavy atom. The molecule has 1 aromatic heterocycles. The van der Waals surface area contributed by atoms with Crippen molar-refractivity contribution in [2.24, 2.45) is 0 Å². The molecule has 0 aromatic carbocycles. The van der Waals surface area contributed by atoms with Crippen LogP contribution in [0.15, 0.2) is 22.8 Å². The van der Waals surface area contributed by atoms with Crippen molar-refractivity contribution in [3.05, 3.63) is 24.2 Å². The number of amides is 1. The minimum absolute atomic E-state index is 0.0744. The van der Waals surface area contributed by atoms with Crippen molar-refractivity contribution in [1.82, 2.24) is 9.80 Å². The summed E-state index contributed by atoms with van der Waals surface area (Å²) in [6.07, 6.45) is 4.84. The Balaban J connectivity index is 1.58. The zero-order valence-electron chi connectivity index (χ0n) is 11.9. The quantitative estimate of drug-likeness (QED) is 0.912. The van der Waals surface area contributed by atoms with Gasteiger partial charge in [0, 0.05) is 19.1 Å². The van der Waals surface area contributed by atoms with Crippen LogP contribution in [0.25, 0.3) is 0 Å². The van der Waals surface area contributed by atoms with Gasteiger partial charge in [-0.1, -0.05) is 0 Å². The number of carbonyl (C=O) groups excluding carboxylic acids is 1. The molecule has 3 rings (SSSR count). The highest BCUT2D eigenvalue weighted by atomic mass is 16.4. The van der Waals surface area contributed by atoms with Crippen molar-refractivity contribution < 1.29 is 19.1 Å². The average molecular weight is 292 g/mol. The molecule has 0 radical (unpaired) electrons. The summed E-state index contributed by atoms with van der Waals surface area (Å²) < 4.78 is 5.14. The van der Waals surface area contributed by atoms with Crippen LogP contribution in [0.4, 0.5) is 0 Å². The molecule has 1 unspecified atom stereocenters. The van der Waals surface area contributed by atoms with Crippen LogP contribution in [-0.4, -0.2) is 58.5 Å². The highest BCUT2D eigenvalue weighted by Gasteiger charge is 2.37. The Kier molecular flexibility index (Phi) is 3.96. The van der Waals surface area contributed by atoms with E-state index in [1.807, 2.05) is 0 Å². The number of carboxylic acid groups (broad SMARTS) is 1. The second-order valence-electron chi connectivity index (χ2n) is 5.73. The van der Waals surface area contributed by atoms with Gasteiger partial charge in [-0.3, -0.25) is 14.5 Å². The molecule has 2 saturated heterocycles. The average Bonchev–Trinajstić information content (AvgIpc) is 3.18. The van der Waals surface area contributed by atoms with Crippen LogP contribution < -0.4 is 0 Å². The van der Waals surface area contributed by atoms with Gasteiger partial charge in [0.2, 0.25) is 0 Å². The van der Waals surface area contributed by atoms with Crippen molar-refractivity contribution in [3.63, 3.8) is 0 Å². The third-order valence-corrected chi connectivity index (χ3v) is 4.53. The first-order valence-corrected chi connectivity index (χ1v) is 7.48. The lowest BCUT2D eigenvalue weighted by molar-refractivity contribution is -0.143. The summed E-state index contributed by atoms with van der Waals surface area (Å²) in [5, 5.41) is 9.26. The molecule has 2 aliphatic heterocycles. The van der Waals surface area contributed by atoms with Gasteiger partial charge in [0.15, 0.2) is 5.76 Å². The van der Waals surface area contributed by atoms with E-state index in [-0.39, 0.29) is 18.0 Å². The van der Waals surface area contributed by atoms with Crippen LogP contribution in [0.5, 0.6) is 0 Å². The van der Waals surface area contributed by atoms with Gasteiger partial charge in [0.25, 0.3) is 5.91 Å². The van der Waals surface area contributed by atoms with Gasteiger partial charge in [0.1, 0.15) is 6.04 Å². The van der Waals surface area contributed by atoms with E-state index >= 15 is 0 Å². The Morgan fingerprint density at radius 2 is 1.95 bits per heavy atom. The standard InChI is InChI=1S/C15H20N2O4/c18-14(13-4-2-10-21-13)16-8-5-11(6-9-16)17-7-1-3-12(17)15(19)20/h2,4,10-12H,1,3,5-9H2,(H,19,20). The molecule has 114 valence electrons. The first-order chi connectivity index (χ1) is 10.2. The third-order valence-electron chi connectivity index (χ3n) is 4.53. The maximum absolute atomic E-state index is 12.2. The van der Waals surface area contributed by atoms with Crippen LogP contribution in [0.1, 0.15) is 36.2 Å². The maximum atomic E-state index is 12.2. The van der Waals surface area contributed by atoms with Crippen LogP contribution in [0.3, 0.4) is 0 Å². The summed E-state index contributed by atoms with van der Waals surface area (Å²) in [7, 11) is 0. The molecular formula is C15H20N2O4. The van der Waals surface area contributed by atoms with Crippen molar-refractivity contribution in [1.29, 1.82) is 0 Å². The number of carbonyl (C=O) groups is 2. The highest BCUT2D eigenvalue weighted by Crippen LogP contribution is 2.26. The van der Waals surface area contributed by atoms with E-state index in [1.165, 1.54) is 6.26 Å². The van der Waals surface area contributed by atoms with Gasteiger partial charge >= 0.3 is 5.97 Å². The van der Waals surface area contributed by atoms with Crippen LogP contribution in [0, 0.1) is 0 Å². The number of likely N-dealkylation sites (tertiary alicyclic amines) is 2. The van der Waals surface area contributed by atoms with Gasteiger partial charge in [-0.15, -0.1) is 0 Å². The van der Waals surface area contributed by atoms with E-state index in [1.54, 1.807) is 17.0 Å². The fourth-order valence-corrected chi connectivity index (χ4v) is 3.45. The summed E-state index contributed by atoms with van der Waals surface area (Å²) in [4.78, 5) is 27.4. The Morgan fingerprint density at radius 3 is 2.57 bits per heavy atom. The lowest BCUT2D eigenvalue weighted by Crippen LogP contribution is -2.49. The maximum Gasteiger partial charge on any atom is 0.320 e. The summed E-state index contributed by atoms with van der Waals surface area (Å²) in [6, 6.07) is 3.31. The molecular weight excluding hydrogens is 272 g/mol. The number of rotatable bonds is 3. The summed E-state index contributed by atoms with van der Waals surface area (Å²) in [6.45, 7) is 2.17. The van der Waals surface area contributed by atoms with Gasteiger partial charge in [-0.25, -0.2) is 0 Å². The zero-order chi connectivity index (χ0) is 14.8. The highest BCUT2D eigenvalue weighted by molar-refractivity contribution is 5.91. The van der Waals surface area contributed by atoms with Gasteiger partial charge < -0.3 is 14.4 Å². The molecule has 21 heavy (non-hydrogen) atoms. The SMILES string of the molecule is O=C(O)C1CCCN1C1CCN(C(=O)c2ccco2)CC1. The van der Waals surface area contributed by atoms with Crippen LogP contribution in [-0.2, 0) is 4.79 Å². The molecule has 6 heteroatoms. The smallest absolute Gasteiger partial charge is 0.320 e. The molecule has 2 fully saturated rings. The predicted octanol–water partition coefficient (Wildman–Crippen LogP) is 1.43. The van der Waals surface area contributed by atoms with E-state index in [2.05, 4.69) is 4.90 Å².